The zero-order valence-electron chi connectivity index (χ0n) is 17.1. The molecule has 4 heteroatoms. The van der Waals surface area contributed by atoms with Crippen LogP contribution in [0.15, 0.2) is 121 Å². The Labute approximate surface area is 191 Å². The number of hydrogen-bond acceptors (Lipinski definition) is 2. The van der Waals surface area contributed by atoms with Gasteiger partial charge in [-0.3, -0.25) is 0 Å². The molecule has 0 radical (unpaired) electrons. The number of rotatable bonds is 5. The zero-order chi connectivity index (χ0) is 21.1. The molecule has 0 aromatic heterocycles. The monoisotopic (exact) mass is 489 g/mol. The molecule has 2 nitrogen and oxygen atoms in total. The standard InChI is InChI=1S/C27H24NOPSe/c31-30(24-17-9-3-10-18-24,25-19-11-4-12-20-25)26-21-29-28(23-15-7-2-8-16-23)27(26)22-13-5-1-6-14-22/h1-20,26-27H,21H2/t26-,27+/m0/s1. The molecule has 31 heavy (non-hydrogen) atoms. The van der Waals surface area contributed by atoms with Crippen molar-refractivity contribution in [1.82, 2.24) is 0 Å². The number of hydrogen-bond donors (Lipinski definition) is 0. The molecule has 0 unspecified atom stereocenters. The van der Waals surface area contributed by atoms with Gasteiger partial charge in [-0.15, -0.1) is 0 Å². The van der Waals surface area contributed by atoms with Gasteiger partial charge in [-0.2, -0.15) is 0 Å². The molecule has 154 valence electrons. The summed E-state index contributed by atoms with van der Waals surface area (Å²) in [6, 6.07) is 43.2. The van der Waals surface area contributed by atoms with E-state index in [1.165, 1.54) is 16.2 Å². The van der Waals surface area contributed by atoms with Crippen LogP contribution in [0.1, 0.15) is 11.6 Å². The third-order valence-electron chi connectivity index (χ3n) is 5.90. The summed E-state index contributed by atoms with van der Waals surface area (Å²) in [7, 11) is 0. The van der Waals surface area contributed by atoms with E-state index in [0.29, 0.717) is 6.61 Å². The molecule has 0 aliphatic carbocycles. The van der Waals surface area contributed by atoms with Crippen LogP contribution in [0.5, 0.6) is 0 Å². The van der Waals surface area contributed by atoms with Crippen LogP contribution >= 0.6 is 5.51 Å². The Balaban J connectivity index is 1.69. The fourth-order valence-corrected chi connectivity index (χ4v) is 10.3. The molecule has 0 saturated carbocycles. The van der Waals surface area contributed by atoms with Gasteiger partial charge >= 0.3 is 192 Å². The number of hydroxylamine groups is 1. The SMILES string of the molecule is [Se]=P(c1ccccc1)(c1ccccc1)[C@H]1CON(c2ccccc2)[C@@H]1c1ccccc1. The topological polar surface area (TPSA) is 12.5 Å². The summed E-state index contributed by atoms with van der Waals surface area (Å²) < 4.78 is 0. The quantitative estimate of drug-likeness (QED) is 0.279. The summed E-state index contributed by atoms with van der Waals surface area (Å²) in [5, 5.41) is 4.86. The van der Waals surface area contributed by atoms with Gasteiger partial charge in [-0.05, 0) is 0 Å². The van der Waals surface area contributed by atoms with Crippen LogP contribution in [0.4, 0.5) is 5.69 Å². The van der Waals surface area contributed by atoms with E-state index < -0.39 is 5.51 Å². The van der Waals surface area contributed by atoms with Crippen molar-refractivity contribution in [3.05, 3.63) is 127 Å². The first-order valence-corrected chi connectivity index (χ1v) is 14.6. The van der Waals surface area contributed by atoms with Crippen molar-refractivity contribution in [1.29, 1.82) is 0 Å². The van der Waals surface area contributed by atoms with Crippen molar-refractivity contribution in [2.75, 3.05) is 11.7 Å². The number of para-hydroxylation sites is 1. The molecule has 2 atom stereocenters. The maximum absolute atomic E-state index is 6.45. The van der Waals surface area contributed by atoms with Crippen molar-refractivity contribution in [3.8, 4) is 0 Å². The van der Waals surface area contributed by atoms with Gasteiger partial charge in [0.25, 0.3) is 0 Å². The van der Waals surface area contributed by atoms with E-state index in [1.807, 2.05) is 6.07 Å². The summed E-state index contributed by atoms with van der Waals surface area (Å²) >= 11 is 3.74. The van der Waals surface area contributed by atoms with Gasteiger partial charge in [0.1, 0.15) is 0 Å². The van der Waals surface area contributed by atoms with Crippen LogP contribution in [0, 0.1) is 0 Å². The van der Waals surface area contributed by atoms with Crippen molar-refractivity contribution in [2.24, 2.45) is 0 Å². The number of anilines is 1. The van der Waals surface area contributed by atoms with E-state index in [2.05, 4.69) is 135 Å². The van der Waals surface area contributed by atoms with Crippen LogP contribution < -0.4 is 15.7 Å². The Hall–Kier alpha value is -2.41. The molecule has 1 heterocycles. The molecule has 1 aliphatic heterocycles. The van der Waals surface area contributed by atoms with Gasteiger partial charge in [0.15, 0.2) is 0 Å². The molecular weight excluding hydrogens is 464 g/mol. The van der Waals surface area contributed by atoms with E-state index in [1.54, 1.807) is 0 Å². The molecule has 1 fully saturated rings. The number of benzene rings is 4. The predicted molar refractivity (Wildman–Crippen MR) is 133 cm³/mol. The maximum atomic E-state index is 6.45. The molecule has 1 aliphatic rings. The Morgan fingerprint density at radius 3 is 1.61 bits per heavy atom. The Morgan fingerprint density at radius 2 is 1.10 bits per heavy atom. The van der Waals surface area contributed by atoms with Gasteiger partial charge < -0.3 is 0 Å². The van der Waals surface area contributed by atoms with Crippen LogP contribution in [0.2, 0.25) is 0 Å². The second-order valence-corrected chi connectivity index (χ2v) is 14.3. The third-order valence-corrected chi connectivity index (χ3v) is 13.8. The van der Waals surface area contributed by atoms with Crippen LogP contribution in [-0.2, 0) is 4.84 Å². The van der Waals surface area contributed by atoms with Crippen LogP contribution in [-0.4, -0.2) is 27.4 Å². The summed E-state index contributed by atoms with van der Waals surface area (Å²) in [6.45, 7) is 0.666. The predicted octanol–water partition coefficient (Wildman–Crippen LogP) is 5.30. The van der Waals surface area contributed by atoms with Gasteiger partial charge in [0, 0.05) is 0 Å². The molecule has 0 spiro atoms. The van der Waals surface area contributed by atoms with E-state index in [4.69, 9.17) is 4.84 Å². The molecule has 0 bridgehead atoms. The number of nitrogens with zero attached hydrogens (tertiary/aromatic N) is 1. The van der Waals surface area contributed by atoms with E-state index in [0.717, 1.165) is 5.69 Å². The third kappa shape index (κ3) is 3.84. The zero-order valence-corrected chi connectivity index (χ0v) is 19.7. The van der Waals surface area contributed by atoms with Crippen molar-refractivity contribution in [2.45, 2.75) is 11.7 Å². The summed E-state index contributed by atoms with van der Waals surface area (Å²) in [4.78, 5) is 6.45. The van der Waals surface area contributed by atoms with Crippen molar-refractivity contribution < 1.29 is 4.84 Å². The van der Waals surface area contributed by atoms with Crippen molar-refractivity contribution >= 4 is 36.9 Å². The molecular formula is C27H24NOPSe. The molecule has 4 aromatic carbocycles. The van der Waals surface area contributed by atoms with E-state index >= 15 is 0 Å². The first-order chi connectivity index (χ1) is 15.3. The van der Waals surface area contributed by atoms with Crippen molar-refractivity contribution in [3.63, 3.8) is 0 Å². The fraction of sp³-hybridized carbons (Fsp3) is 0.111. The van der Waals surface area contributed by atoms with E-state index in [-0.39, 0.29) is 11.7 Å². The first kappa shape index (κ1) is 20.5. The normalized spacial score (nSPS) is 18.8. The Morgan fingerprint density at radius 1 is 0.645 bits per heavy atom. The summed E-state index contributed by atoms with van der Waals surface area (Å²) in [6.07, 6.45) is 0. The second-order valence-electron chi connectivity index (χ2n) is 7.71. The van der Waals surface area contributed by atoms with Crippen LogP contribution in [0.3, 0.4) is 0 Å². The average Bonchev–Trinajstić information content (AvgIpc) is 3.31. The Kier molecular flexibility index (Phi) is 5.94. The van der Waals surface area contributed by atoms with E-state index in [9.17, 15) is 0 Å². The second kappa shape index (κ2) is 8.99. The minimum absolute atomic E-state index is 0.110. The van der Waals surface area contributed by atoms with Gasteiger partial charge in [-0.25, -0.2) is 0 Å². The minimum atomic E-state index is -1.89. The fourth-order valence-electron chi connectivity index (χ4n) is 4.44. The molecule has 0 N–H and O–H groups in total. The molecule has 1 saturated heterocycles. The average molecular weight is 488 g/mol. The summed E-state index contributed by atoms with van der Waals surface area (Å²) in [5.41, 5.74) is 0.752. The van der Waals surface area contributed by atoms with Gasteiger partial charge in [0.05, 0.1) is 0 Å². The first-order valence-electron chi connectivity index (χ1n) is 10.5. The molecule has 4 aromatic rings. The molecule has 5 rings (SSSR count). The molecule has 0 amide bonds. The van der Waals surface area contributed by atoms with Gasteiger partial charge in [0.2, 0.25) is 0 Å². The van der Waals surface area contributed by atoms with Crippen LogP contribution in [0.25, 0.3) is 0 Å². The van der Waals surface area contributed by atoms with Gasteiger partial charge in [-0.1, -0.05) is 0 Å². The Bertz CT molecular complexity index is 1130. The summed E-state index contributed by atoms with van der Waals surface area (Å²) in [5.74, 6) is 0.